The Morgan fingerprint density at radius 2 is 1.86 bits per heavy atom. The normalized spacial score (nSPS) is 11.5. The van der Waals surface area contributed by atoms with Gasteiger partial charge in [0.1, 0.15) is 12.2 Å². The molecule has 0 N–H and O–H groups in total. The summed E-state index contributed by atoms with van der Waals surface area (Å²) in [7, 11) is 0. The van der Waals surface area contributed by atoms with Crippen molar-refractivity contribution in [2.24, 2.45) is 0 Å². The van der Waals surface area contributed by atoms with Crippen LogP contribution in [0.25, 0.3) is 0 Å². The molecular weight excluding hydrogens is 268 g/mol. The highest BCUT2D eigenvalue weighted by Gasteiger charge is 2.14. The van der Waals surface area contributed by atoms with Gasteiger partial charge >= 0.3 is 0 Å². The van der Waals surface area contributed by atoms with Crippen LogP contribution in [0, 0.1) is 0 Å². The van der Waals surface area contributed by atoms with Gasteiger partial charge < -0.3 is 0 Å². The largest absolute Gasteiger partial charge is 0.268 e. The van der Waals surface area contributed by atoms with E-state index in [4.69, 9.17) is 0 Å². The predicted molar refractivity (Wildman–Crippen MR) is 99.2 cm³/mol. The lowest BCUT2D eigenvalue weighted by atomic mass is 10.1. The van der Waals surface area contributed by atoms with Crippen LogP contribution in [0.3, 0.4) is 0 Å². The summed E-state index contributed by atoms with van der Waals surface area (Å²) in [5, 5.41) is 0. The van der Waals surface area contributed by atoms with Crippen LogP contribution in [0.1, 0.15) is 52.0 Å². The first kappa shape index (κ1) is 18.5. The fourth-order valence-corrected chi connectivity index (χ4v) is 2.67. The molecule has 0 aliphatic heterocycles. The summed E-state index contributed by atoms with van der Waals surface area (Å²) >= 11 is 0. The summed E-state index contributed by atoms with van der Waals surface area (Å²) < 4.78 is 2.42. The summed E-state index contributed by atoms with van der Waals surface area (Å²) in [4.78, 5) is 2.33. The van der Waals surface area contributed by atoms with Crippen molar-refractivity contribution in [1.82, 2.24) is 0 Å². The third-order valence-electron chi connectivity index (χ3n) is 4.02. The standard InChI is InChI=1S/C20H33N2/c1-5-9-10-13-17-21(8-4)18-22(16-6-2)20-15-12-11-14-19(20)7-3/h6,11-12,14-15,18H,2,5,7-10,13,16-17H2,1,3-4H3/q+1. The number of hydrogen-bond acceptors (Lipinski definition) is 0. The molecule has 0 unspecified atom stereocenters. The molecule has 0 spiro atoms. The molecule has 0 saturated carbocycles. The van der Waals surface area contributed by atoms with E-state index in [-0.39, 0.29) is 0 Å². The first-order valence-electron chi connectivity index (χ1n) is 8.81. The Labute approximate surface area is 137 Å². The maximum absolute atomic E-state index is 3.92. The molecule has 0 aliphatic rings. The Kier molecular flexibility index (Phi) is 9.29. The zero-order valence-electron chi connectivity index (χ0n) is 14.7. The lowest BCUT2D eigenvalue weighted by molar-refractivity contribution is -0.521. The molecule has 1 rings (SSSR count). The fourth-order valence-electron chi connectivity index (χ4n) is 2.67. The van der Waals surface area contributed by atoms with Gasteiger partial charge in [0.05, 0.1) is 13.1 Å². The molecule has 0 amide bonds. The van der Waals surface area contributed by atoms with E-state index >= 15 is 0 Å². The Balaban J connectivity index is 2.87. The van der Waals surface area contributed by atoms with Crippen LogP contribution >= 0.6 is 0 Å². The third kappa shape index (κ3) is 6.05. The van der Waals surface area contributed by atoms with Crippen LogP contribution in [-0.2, 0) is 6.42 Å². The summed E-state index contributed by atoms with van der Waals surface area (Å²) in [6.07, 6.45) is 10.6. The zero-order chi connectivity index (χ0) is 16.2. The highest BCUT2D eigenvalue weighted by atomic mass is 15.2. The molecule has 0 fully saturated rings. The summed E-state index contributed by atoms with van der Waals surface area (Å²) in [5.74, 6) is 0. The summed E-state index contributed by atoms with van der Waals surface area (Å²) in [5.41, 5.74) is 2.69. The topological polar surface area (TPSA) is 6.25 Å². The number of para-hydroxylation sites is 1. The molecule has 0 aliphatic carbocycles. The number of anilines is 1. The van der Waals surface area contributed by atoms with Crippen LogP contribution in [-0.4, -0.2) is 30.5 Å². The quantitative estimate of drug-likeness (QED) is 0.186. The van der Waals surface area contributed by atoms with Crippen molar-refractivity contribution in [3.8, 4) is 0 Å². The van der Waals surface area contributed by atoms with Gasteiger partial charge in [-0.25, -0.2) is 4.90 Å². The predicted octanol–water partition coefficient (Wildman–Crippen LogP) is 4.88. The Morgan fingerprint density at radius 1 is 1.09 bits per heavy atom. The van der Waals surface area contributed by atoms with E-state index in [1.807, 2.05) is 6.08 Å². The molecule has 0 bridgehead atoms. The number of rotatable bonds is 11. The van der Waals surface area contributed by atoms with E-state index in [2.05, 4.69) is 67.4 Å². The number of aryl methyl sites for hydroxylation is 1. The van der Waals surface area contributed by atoms with Crippen LogP contribution in [0.5, 0.6) is 0 Å². The zero-order valence-corrected chi connectivity index (χ0v) is 14.7. The minimum atomic E-state index is 0.850. The SMILES string of the molecule is C=CCN(C=[N+](CC)CCCCCC)c1ccccc1CC. The van der Waals surface area contributed by atoms with Crippen LogP contribution in [0.2, 0.25) is 0 Å². The maximum atomic E-state index is 3.92. The van der Waals surface area contributed by atoms with Crippen molar-refractivity contribution >= 4 is 12.0 Å². The lowest BCUT2D eigenvalue weighted by Gasteiger charge is -2.16. The molecule has 2 nitrogen and oxygen atoms in total. The van der Waals surface area contributed by atoms with Gasteiger partial charge in [-0.15, -0.1) is 0 Å². The molecule has 1 aromatic rings. The molecule has 0 saturated heterocycles. The molecule has 2 heteroatoms. The van der Waals surface area contributed by atoms with Gasteiger partial charge in [0.25, 0.3) is 0 Å². The van der Waals surface area contributed by atoms with Gasteiger partial charge in [0, 0.05) is 0 Å². The number of nitrogens with zero attached hydrogens (tertiary/aromatic N) is 2. The Morgan fingerprint density at radius 3 is 2.50 bits per heavy atom. The van der Waals surface area contributed by atoms with Crippen LogP contribution in [0.15, 0.2) is 36.9 Å². The molecule has 0 atom stereocenters. The second kappa shape index (κ2) is 11.1. The molecule has 0 radical (unpaired) electrons. The molecule has 1 aromatic carbocycles. The second-order valence-corrected chi connectivity index (χ2v) is 5.73. The number of unbranched alkanes of at least 4 members (excludes halogenated alkanes) is 3. The van der Waals surface area contributed by atoms with Crippen molar-refractivity contribution in [1.29, 1.82) is 0 Å². The summed E-state index contributed by atoms with van der Waals surface area (Å²) in [6.45, 7) is 13.7. The van der Waals surface area contributed by atoms with E-state index in [0.717, 1.165) is 26.1 Å². The van der Waals surface area contributed by atoms with Crippen molar-refractivity contribution in [2.75, 3.05) is 24.5 Å². The second-order valence-electron chi connectivity index (χ2n) is 5.73. The fraction of sp³-hybridized carbons (Fsp3) is 0.550. The van der Waals surface area contributed by atoms with Gasteiger partial charge in [-0.05, 0) is 37.8 Å². The van der Waals surface area contributed by atoms with Crippen molar-refractivity contribution in [2.45, 2.75) is 52.9 Å². The van der Waals surface area contributed by atoms with Crippen molar-refractivity contribution in [3.63, 3.8) is 0 Å². The Hall–Kier alpha value is -1.57. The average molecular weight is 301 g/mol. The highest BCUT2D eigenvalue weighted by Crippen LogP contribution is 2.19. The van der Waals surface area contributed by atoms with E-state index in [1.54, 1.807) is 0 Å². The van der Waals surface area contributed by atoms with Crippen LogP contribution < -0.4 is 4.90 Å². The van der Waals surface area contributed by atoms with E-state index in [0.29, 0.717) is 0 Å². The van der Waals surface area contributed by atoms with E-state index < -0.39 is 0 Å². The number of benzene rings is 1. The molecule has 22 heavy (non-hydrogen) atoms. The van der Waals surface area contributed by atoms with Gasteiger partial charge in [-0.2, -0.15) is 0 Å². The molecule has 0 aromatic heterocycles. The van der Waals surface area contributed by atoms with Crippen molar-refractivity contribution in [3.05, 3.63) is 42.5 Å². The summed E-state index contributed by atoms with van der Waals surface area (Å²) in [6, 6.07) is 8.67. The molecule has 0 heterocycles. The van der Waals surface area contributed by atoms with Gasteiger partial charge in [-0.1, -0.05) is 57.5 Å². The van der Waals surface area contributed by atoms with Gasteiger partial charge in [0.2, 0.25) is 6.34 Å². The highest BCUT2D eigenvalue weighted by molar-refractivity contribution is 5.78. The molecular formula is C20H33N2+. The monoisotopic (exact) mass is 301 g/mol. The molecule has 122 valence electrons. The number of hydrogen-bond donors (Lipinski definition) is 0. The van der Waals surface area contributed by atoms with Gasteiger partial charge in [-0.3, -0.25) is 4.58 Å². The third-order valence-corrected chi connectivity index (χ3v) is 4.02. The Bertz CT molecular complexity index is 463. The lowest BCUT2D eigenvalue weighted by Crippen LogP contribution is -2.30. The minimum Gasteiger partial charge on any atom is -0.268 e. The first-order chi connectivity index (χ1) is 10.8. The van der Waals surface area contributed by atoms with Crippen molar-refractivity contribution < 1.29 is 4.58 Å². The average Bonchev–Trinajstić information content (AvgIpc) is 2.56. The minimum absolute atomic E-state index is 0.850. The maximum Gasteiger partial charge on any atom is 0.239 e. The first-order valence-corrected chi connectivity index (χ1v) is 8.81. The van der Waals surface area contributed by atoms with E-state index in [1.165, 1.54) is 36.9 Å². The smallest absolute Gasteiger partial charge is 0.239 e. The van der Waals surface area contributed by atoms with E-state index in [9.17, 15) is 0 Å². The van der Waals surface area contributed by atoms with Gasteiger partial charge in [0.15, 0.2) is 0 Å². The van der Waals surface area contributed by atoms with Crippen LogP contribution in [0.4, 0.5) is 5.69 Å².